The van der Waals surface area contributed by atoms with E-state index in [2.05, 4.69) is 20.4 Å². The van der Waals surface area contributed by atoms with Gasteiger partial charge in [0.25, 0.3) is 5.78 Å². The fraction of sp³-hybridized carbons (Fsp3) is 0.400. The van der Waals surface area contributed by atoms with E-state index < -0.39 is 0 Å². The van der Waals surface area contributed by atoms with Crippen molar-refractivity contribution in [2.75, 3.05) is 19.0 Å². The normalized spacial score (nSPS) is 14.1. The molecule has 1 atom stereocenters. The third-order valence-electron chi connectivity index (χ3n) is 5.02. The number of nitrogens with zero attached hydrogens (tertiary/aromatic N) is 4. The molecule has 3 aromatic rings. The Labute approximate surface area is 173 Å². The predicted octanol–water partition coefficient (Wildman–Crippen LogP) is 2.79. The van der Waals surface area contributed by atoms with Crippen molar-refractivity contribution >= 4 is 23.4 Å². The van der Waals surface area contributed by atoms with Crippen molar-refractivity contribution in [3.05, 3.63) is 40.7 Å². The van der Waals surface area contributed by atoms with Gasteiger partial charge in [-0.3, -0.25) is 4.79 Å². The van der Waals surface area contributed by atoms with Gasteiger partial charge in [-0.25, -0.2) is 9.50 Å². The molecule has 1 N–H and O–H groups in total. The molecule has 4 rings (SSSR count). The molecule has 8 nitrogen and oxygen atoms in total. The van der Waals surface area contributed by atoms with Crippen molar-refractivity contribution < 1.29 is 14.3 Å². The van der Waals surface area contributed by atoms with Crippen LogP contribution in [0.3, 0.4) is 0 Å². The highest BCUT2D eigenvalue weighted by molar-refractivity contribution is 7.99. The minimum atomic E-state index is -0.151. The molecule has 0 saturated carbocycles. The molecule has 3 heterocycles. The van der Waals surface area contributed by atoms with Gasteiger partial charge >= 0.3 is 0 Å². The Hall–Kier alpha value is -2.81. The quantitative estimate of drug-likeness (QED) is 0.643. The van der Waals surface area contributed by atoms with Crippen LogP contribution in [0, 0.1) is 20.8 Å². The molecule has 0 radical (unpaired) electrons. The Bertz CT molecular complexity index is 1080. The summed E-state index contributed by atoms with van der Waals surface area (Å²) in [5, 5.41) is 8.00. The number of thioether (sulfide) groups is 1. The molecule has 9 heteroatoms. The van der Waals surface area contributed by atoms with Gasteiger partial charge in [0.1, 0.15) is 13.2 Å². The summed E-state index contributed by atoms with van der Waals surface area (Å²) in [4.78, 5) is 21.3. The van der Waals surface area contributed by atoms with Crippen molar-refractivity contribution in [2.24, 2.45) is 0 Å². The highest BCUT2D eigenvalue weighted by Gasteiger charge is 2.17. The van der Waals surface area contributed by atoms with Crippen LogP contribution >= 0.6 is 11.8 Å². The fourth-order valence-corrected chi connectivity index (χ4v) is 3.75. The number of hydrogen-bond donors (Lipinski definition) is 1. The van der Waals surface area contributed by atoms with Crippen LogP contribution in [0.1, 0.15) is 35.5 Å². The summed E-state index contributed by atoms with van der Waals surface area (Å²) >= 11 is 1.29. The number of carbonyl (C=O) groups is 1. The van der Waals surface area contributed by atoms with Crippen LogP contribution in [0.5, 0.6) is 11.5 Å². The van der Waals surface area contributed by atoms with Gasteiger partial charge in [0, 0.05) is 11.4 Å². The van der Waals surface area contributed by atoms with Crippen LogP contribution in [0.25, 0.3) is 5.78 Å². The highest BCUT2D eigenvalue weighted by atomic mass is 32.2. The molecule has 0 spiro atoms. The molecule has 152 valence electrons. The molecule has 0 saturated heterocycles. The third-order valence-corrected chi connectivity index (χ3v) is 5.86. The molecule has 0 aliphatic carbocycles. The van der Waals surface area contributed by atoms with E-state index >= 15 is 0 Å². The van der Waals surface area contributed by atoms with Crippen molar-refractivity contribution in [2.45, 2.75) is 38.9 Å². The SMILES string of the molecule is Cc1nc2nc(SCC(=O)N[C@H](C)c3ccc4c(c3)OCCO4)nn2c(C)c1C. The largest absolute Gasteiger partial charge is 0.486 e. The average Bonchev–Trinajstić information content (AvgIpc) is 3.13. The number of carbonyl (C=O) groups excluding carboxylic acids is 1. The molecule has 1 aliphatic rings. The van der Waals surface area contributed by atoms with Gasteiger partial charge < -0.3 is 14.8 Å². The van der Waals surface area contributed by atoms with E-state index in [1.165, 1.54) is 11.8 Å². The van der Waals surface area contributed by atoms with Gasteiger partial charge in [0.05, 0.1) is 11.8 Å². The number of nitrogens with one attached hydrogen (secondary N) is 1. The Morgan fingerprint density at radius 1 is 1.21 bits per heavy atom. The number of ether oxygens (including phenoxy) is 2. The van der Waals surface area contributed by atoms with Crippen molar-refractivity contribution in [3.63, 3.8) is 0 Å². The predicted molar refractivity (Wildman–Crippen MR) is 110 cm³/mol. The molecule has 2 aromatic heterocycles. The molecule has 0 bridgehead atoms. The van der Waals surface area contributed by atoms with E-state index in [1.54, 1.807) is 4.52 Å². The third kappa shape index (κ3) is 4.00. The maximum Gasteiger partial charge on any atom is 0.253 e. The smallest absolute Gasteiger partial charge is 0.253 e. The zero-order chi connectivity index (χ0) is 20.5. The molecule has 29 heavy (non-hydrogen) atoms. The Kier molecular flexibility index (Phi) is 5.31. The van der Waals surface area contributed by atoms with E-state index in [-0.39, 0.29) is 17.7 Å². The van der Waals surface area contributed by atoms with Gasteiger partial charge in [-0.1, -0.05) is 17.8 Å². The number of hydrogen-bond acceptors (Lipinski definition) is 7. The number of amides is 1. The topological polar surface area (TPSA) is 90.6 Å². The van der Waals surface area contributed by atoms with Crippen LogP contribution in [-0.4, -0.2) is 44.5 Å². The number of rotatable bonds is 5. The lowest BCUT2D eigenvalue weighted by Gasteiger charge is -2.21. The fourth-order valence-electron chi connectivity index (χ4n) is 3.12. The lowest BCUT2D eigenvalue weighted by Crippen LogP contribution is -2.28. The van der Waals surface area contributed by atoms with Crippen molar-refractivity contribution in [3.8, 4) is 11.5 Å². The molecule has 1 aliphatic heterocycles. The molecular weight excluding hydrogens is 390 g/mol. The van der Waals surface area contributed by atoms with Crippen LogP contribution < -0.4 is 14.8 Å². The maximum absolute atomic E-state index is 12.4. The summed E-state index contributed by atoms with van der Waals surface area (Å²) in [5.41, 5.74) is 3.99. The van der Waals surface area contributed by atoms with Crippen molar-refractivity contribution in [1.29, 1.82) is 0 Å². The second-order valence-corrected chi connectivity index (χ2v) is 7.94. The lowest BCUT2D eigenvalue weighted by atomic mass is 10.1. The summed E-state index contributed by atoms with van der Waals surface area (Å²) in [6.45, 7) is 8.99. The first-order valence-electron chi connectivity index (χ1n) is 9.44. The Morgan fingerprint density at radius 2 is 1.97 bits per heavy atom. The van der Waals surface area contributed by atoms with E-state index in [0.717, 1.165) is 28.3 Å². The molecule has 1 amide bonds. The van der Waals surface area contributed by atoms with E-state index in [9.17, 15) is 4.79 Å². The van der Waals surface area contributed by atoms with Gasteiger partial charge in [0.2, 0.25) is 11.1 Å². The monoisotopic (exact) mass is 413 g/mol. The highest BCUT2D eigenvalue weighted by Crippen LogP contribution is 2.32. The molecule has 0 unspecified atom stereocenters. The summed E-state index contributed by atoms with van der Waals surface area (Å²) < 4.78 is 12.9. The van der Waals surface area contributed by atoms with E-state index in [4.69, 9.17) is 9.47 Å². The Balaban J connectivity index is 1.39. The second-order valence-electron chi connectivity index (χ2n) is 6.99. The number of fused-ring (bicyclic) bond motifs is 2. The molecular formula is C20H23N5O3S. The molecule has 0 fully saturated rings. The average molecular weight is 414 g/mol. The lowest BCUT2D eigenvalue weighted by molar-refractivity contribution is -0.119. The first-order chi connectivity index (χ1) is 13.9. The first kappa shape index (κ1) is 19.5. The number of aryl methyl sites for hydroxylation is 2. The number of benzene rings is 1. The summed E-state index contributed by atoms with van der Waals surface area (Å²) in [6, 6.07) is 5.58. The zero-order valence-corrected chi connectivity index (χ0v) is 17.7. The van der Waals surface area contributed by atoms with E-state index in [1.807, 2.05) is 45.9 Å². The maximum atomic E-state index is 12.4. The second kappa shape index (κ2) is 7.90. The Morgan fingerprint density at radius 3 is 2.76 bits per heavy atom. The van der Waals surface area contributed by atoms with Crippen LogP contribution in [0.15, 0.2) is 23.4 Å². The summed E-state index contributed by atoms with van der Waals surface area (Å²) in [5.74, 6) is 2.14. The van der Waals surface area contributed by atoms with Crippen molar-refractivity contribution in [1.82, 2.24) is 24.9 Å². The van der Waals surface area contributed by atoms with E-state index in [0.29, 0.717) is 29.9 Å². The minimum Gasteiger partial charge on any atom is -0.486 e. The first-order valence-corrected chi connectivity index (χ1v) is 10.4. The summed E-state index contributed by atoms with van der Waals surface area (Å²) in [6.07, 6.45) is 0. The zero-order valence-electron chi connectivity index (χ0n) is 16.9. The van der Waals surface area contributed by atoms with Crippen LogP contribution in [-0.2, 0) is 4.79 Å². The van der Waals surface area contributed by atoms with Gasteiger partial charge in [-0.2, -0.15) is 4.98 Å². The summed E-state index contributed by atoms with van der Waals surface area (Å²) in [7, 11) is 0. The molecule has 1 aromatic carbocycles. The van der Waals surface area contributed by atoms with Gasteiger partial charge in [-0.05, 0) is 51.0 Å². The van der Waals surface area contributed by atoms with Gasteiger partial charge in [0.15, 0.2) is 11.5 Å². The van der Waals surface area contributed by atoms with Crippen LogP contribution in [0.2, 0.25) is 0 Å². The standard InChI is InChI=1S/C20H23N5O3S/c1-11-12(2)22-19-23-20(24-25(19)14(11)4)29-10-18(26)21-13(3)15-5-6-16-17(9-15)28-8-7-27-16/h5-6,9,13H,7-8,10H2,1-4H3,(H,21,26)/t13-/m1/s1. The van der Waals surface area contributed by atoms with Gasteiger partial charge in [-0.15, -0.1) is 5.10 Å². The minimum absolute atomic E-state index is 0.0895. The van der Waals surface area contributed by atoms with Crippen LogP contribution in [0.4, 0.5) is 0 Å². The number of aromatic nitrogens is 4.